The highest BCUT2D eigenvalue weighted by atomic mass is 16.5. The molecule has 0 saturated heterocycles. The van der Waals surface area contributed by atoms with Crippen LogP contribution in [0.2, 0.25) is 0 Å². The van der Waals surface area contributed by atoms with Gasteiger partial charge in [0, 0.05) is 37.2 Å². The van der Waals surface area contributed by atoms with Crippen LogP contribution in [0, 0.1) is 17.3 Å². The molecular weight excluding hydrogens is 248 g/mol. The molecule has 1 saturated carbocycles. The maximum absolute atomic E-state index is 6.73. The van der Waals surface area contributed by atoms with Gasteiger partial charge in [0.25, 0.3) is 0 Å². The zero-order valence-electron chi connectivity index (χ0n) is 14.7. The van der Waals surface area contributed by atoms with Crippen LogP contribution in [0.1, 0.15) is 54.9 Å². The van der Waals surface area contributed by atoms with Crippen LogP contribution in [0.3, 0.4) is 0 Å². The van der Waals surface area contributed by atoms with Crippen LogP contribution in [-0.4, -0.2) is 42.8 Å². The van der Waals surface area contributed by atoms with Crippen molar-refractivity contribution in [3.63, 3.8) is 0 Å². The Morgan fingerprint density at radius 3 is 2.00 bits per heavy atom. The summed E-state index contributed by atoms with van der Waals surface area (Å²) in [7, 11) is 0. The lowest BCUT2D eigenvalue weighted by Gasteiger charge is -2.60. The zero-order chi connectivity index (χ0) is 15.6. The maximum Gasteiger partial charge on any atom is 0.0662 e. The highest BCUT2D eigenvalue weighted by Crippen LogP contribution is 2.50. The van der Waals surface area contributed by atoms with Gasteiger partial charge in [-0.1, -0.05) is 41.5 Å². The summed E-state index contributed by atoms with van der Waals surface area (Å²) >= 11 is 0. The number of hydrogen-bond donors (Lipinski definition) is 1. The van der Waals surface area contributed by atoms with E-state index in [0.717, 1.165) is 32.7 Å². The largest absolute Gasteiger partial charge is 0.378 e. The second-order valence-corrected chi connectivity index (χ2v) is 8.01. The van der Waals surface area contributed by atoms with Crippen LogP contribution in [0.4, 0.5) is 0 Å². The lowest BCUT2D eigenvalue weighted by molar-refractivity contribution is -0.157. The average molecular weight is 284 g/mol. The lowest BCUT2D eigenvalue weighted by atomic mass is 9.54. The van der Waals surface area contributed by atoms with Crippen molar-refractivity contribution in [3.05, 3.63) is 0 Å². The van der Waals surface area contributed by atoms with Gasteiger partial charge in [0.2, 0.25) is 0 Å². The van der Waals surface area contributed by atoms with Crippen molar-refractivity contribution in [2.45, 2.75) is 66.5 Å². The highest BCUT2D eigenvalue weighted by Gasteiger charge is 2.58. The standard InChI is InChI=1S/C17H36N2O/c1-8-20-15-9-17(18,16(15,6)7)12-19(10-13(2)3)11-14(4)5/h13-15H,8-12,18H2,1-7H3. The summed E-state index contributed by atoms with van der Waals surface area (Å²) in [6, 6.07) is 0. The molecule has 1 fully saturated rings. The number of nitrogens with two attached hydrogens (primary N) is 1. The van der Waals surface area contributed by atoms with Gasteiger partial charge in [0.05, 0.1) is 6.10 Å². The fourth-order valence-electron chi connectivity index (χ4n) is 3.41. The molecule has 0 heterocycles. The molecule has 3 nitrogen and oxygen atoms in total. The van der Waals surface area contributed by atoms with Gasteiger partial charge in [-0.2, -0.15) is 0 Å². The second-order valence-electron chi connectivity index (χ2n) is 8.01. The minimum Gasteiger partial charge on any atom is -0.378 e. The van der Waals surface area contributed by atoms with Crippen molar-refractivity contribution in [2.24, 2.45) is 23.0 Å². The minimum atomic E-state index is -0.114. The second kappa shape index (κ2) is 6.76. The van der Waals surface area contributed by atoms with Gasteiger partial charge in [0.15, 0.2) is 0 Å². The van der Waals surface area contributed by atoms with E-state index in [0.29, 0.717) is 17.9 Å². The highest BCUT2D eigenvalue weighted by molar-refractivity contribution is 5.14. The minimum absolute atomic E-state index is 0.0647. The van der Waals surface area contributed by atoms with E-state index >= 15 is 0 Å². The van der Waals surface area contributed by atoms with Crippen molar-refractivity contribution in [1.82, 2.24) is 4.90 Å². The average Bonchev–Trinajstić information content (AvgIpc) is 2.26. The van der Waals surface area contributed by atoms with Gasteiger partial charge in [-0.3, -0.25) is 0 Å². The Morgan fingerprint density at radius 1 is 1.15 bits per heavy atom. The quantitative estimate of drug-likeness (QED) is 0.744. The lowest BCUT2D eigenvalue weighted by Crippen LogP contribution is -2.73. The molecule has 2 N–H and O–H groups in total. The first kappa shape index (κ1) is 17.9. The summed E-state index contributed by atoms with van der Waals surface area (Å²) in [6.07, 6.45) is 1.30. The molecule has 0 aromatic heterocycles. The summed E-state index contributed by atoms with van der Waals surface area (Å²) in [5.41, 5.74) is 6.68. The Morgan fingerprint density at radius 2 is 1.65 bits per heavy atom. The van der Waals surface area contributed by atoms with Gasteiger partial charge in [0.1, 0.15) is 0 Å². The Hall–Kier alpha value is -0.120. The van der Waals surface area contributed by atoms with Crippen LogP contribution in [0.15, 0.2) is 0 Å². The molecule has 0 aliphatic heterocycles. The molecule has 0 aromatic carbocycles. The molecule has 120 valence electrons. The van der Waals surface area contributed by atoms with Crippen molar-refractivity contribution < 1.29 is 4.74 Å². The van der Waals surface area contributed by atoms with Crippen molar-refractivity contribution in [1.29, 1.82) is 0 Å². The molecular formula is C17H36N2O. The van der Waals surface area contributed by atoms with E-state index in [4.69, 9.17) is 10.5 Å². The van der Waals surface area contributed by atoms with Gasteiger partial charge >= 0.3 is 0 Å². The first-order valence-electron chi connectivity index (χ1n) is 8.25. The van der Waals surface area contributed by atoms with Crippen molar-refractivity contribution in [2.75, 3.05) is 26.2 Å². The number of ether oxygens (including phenoxy) is 1. The molecule has 1 aliphatic rings. The molecule has 2 unspecified atom stereocenters. The molecule has 2 atom stereocenters. The molecule has 0 radical (unpaired) electrons. The predicted octanol–water partition coefficient (Wildman–Crippen LogP) is 3.13. The van der Waals surface area contributed by atoms with E-state index in [2.05, 4.69) is 53.4 Å². The number of hydrogen-bond acceptors (Lipinski definition) is 3. The fraction of sp³-hybridized carbons (Fsp3) is 1.00. The SMILES string of the molecule is CCOC1CC(N)(CN(CC(C)C)CC(C)C)C1(C)C. The Bertz CT molecular complexity index is 291. The Labute approximate surface area is 126 Å². The van der Waals surface area contributed by atoms with E-state index in [1.54, 1.807) is 0 Å². The normalized spacial score (nSPS) is 29.2. The van der Waals surface area contributed by atoms with E-state index in [9.17, 15) is 0 Å². The molecule has 0 spiro atoms. The number of rotatable bonds is 8. The molecule has 20 heavy (non-hydrogen) atoms. The third-order valence-electron chi connectivity index (χ3n) is 4.76. The van der Waals surface area contributed by atoms with Gasteiger partial charge in [-0.05, 0) is 25.2 Å². The zero-order valence-corrected chi connectivity index (χ0v) is 14.7. The monoisotopic (exact) mass is 284 g/mol. The van der Waals surface area contributed by atoms with Gasteiger partial charge in [-0.25, -0.2) is 0 Å². The van der Waals surface area contributed by atoms with Gasteiger partial charge in [-0.15, -0.1) is 0 Å². The topological polar surface area (TPSA) is 38.5 Å². The summed E-state index contributed by atoms with van der Waals surface area (Å²) < 4.78 is 5.83. The maximum atomic E-state index is 6.73. The first-order valence-corrected chi connectivity index (χ1v) is 8.25. The third-order valence-corrected chi connectivity index (χ3v) is 4.76. The molecule has 0 bridgehead atoms. The van der Waals surface area contributed by atoms with Crippen LogP contribution in [0.25, 0.3) is 0 Å². The molecule has 0 amide bonds. The molecule has 3 heteroatoms. The Kier molecular flexibility index (Phi) is 6.06. The van der Waals surface area contributed by atoms with E-state index in [1.807, 2.05) is 0 Å². The van der Waals surface area contributed by atoms with E-state index < -0.39 is 0 Å². The summed E-state index contributed by atoms with van der Waals surface area (Å²) in [4.78, 5) is 2.55. The van der Waals surface area contributed by atoms with Crippen LogP contribution >= 0.6 is 0 Å². The summed E-state index contributed by atoms with van der Waals surface area (Å²) in [5.74, 6) is 1.37. The fourth-order valence-corrected chi connectivity index (χ4v) is 3.41. The molecule has 1 rings (SSSR count). The van der Waals surface area contributed by atoms with Crippen LogP contribution < -0.4 is 5.73 Å². The van der Waals surface area contributed by atoms with Crippen LogP contribution in [-0.2, 0) is 4.74 Å². The molecule has 0 aromatic rings. The smallest absolute Gasteiger partial charge is 0.0662 e. The molecule has 1 aliphatic carbocycles. The van der Waals surface area contributed by atoms with Crippen LogP contribution in [0.5, 0.6) is 0 Å². The first-order chi connectivity index (χ1) is 9.12. The van der Waals surface area contributed by atoms with Crippen molar-refractivity contribution in [3.8, 4) is 0 Å². The Balaban J connectivity index is 2.68. The van der Waals surface area contributed by atoms with Gasteiger partial charge < -0.3 is 15.4 Å². The summed E-state index contributed by atoms with van der Waals surface area (Å²) in [5, 5.41) is 0. The number of nitrogens with zero attached hydrogens (tertiary/aromatic N) is 1. The van der Waals surface area contributed by atoms with E-state index in [-0.39, 0.29) is 11.0 Å². The van der Waals surface area contributed by atoms with E-state index in [1.165, 1.54) is 0 Å². The summed E-state index contributed by atoms with van der Waals surface area (Å²) in [6.45, 7) is 19.8. The van der Waals surface area contributed by atoms with Crippen molar-refractivity contribution >= 4 is 0 Å². The third kappa shape index (κ3) is 3.96. The predicted molar refractivity (Wildman–Crippen MR) is 86.8 cm³/mol.